The maximum atomic E-state index is 5.85. The van der Waals surface area contributed by atoms with Crippen molar-refractivity contribution in [3.05, 3.63) is 17.0 Å². The SMILES string of the molecule is CSCCCn1nc(C)c(CCl)c1C. The molecule has 0 unspecified atom stereocenters. The lowest BCUT2D eigenvalue weighted by atomic mass is 10.2. The molecule has 0 aromatic carbocycles. The fraction of sp³-hybridized carbons (Fsp3) is 0.700. The van der Waals surface area contributed by atoms with Crippen LogP contribution < -0.4 is 0 Å². The lowest BCUT2D eigenvalue weighted by Gasteiger charge is -2.03. The van der Waals surface area contributed by atoms with Gasteiger partial charge in [-0.05, 0) is 32.3 Å². The van der Waals surface area contributed by atoms with Gasteiger partial charge in [0.15, 0.2) is 0 Å². The Labute approximate surface area is 95.0 Å². The van der Waals surface area contributed by atoms with Crippen molar-refractivity contribution in [2.24, 2.45) is 0 Å². The Morgan fingerprint density at radius 2 is 2.14 bits per heavy atom. The van der Waals surface area contributed by atoms with Gasteiger partial charge in [-0.3, -0.25) is 4.68 Å². The van der Waals surface area contributed by atoms with Crippen molar-refractivity contribution in [1.82, 2.24) is 9.78 Å². The summed E-state index contributed by atoms with van der Waals surface area (Å²) in [5.74, 6) is 1.76. The van der Waals surface area contributed by atoms with Gasteiger partial charge in [0, 0.05) is 17.8 Å². The highest BCUT2D eigenvalue weighted by atomic mass is 35.5. The molecule has 1 heterocycles. The van der Waals surface area contributed by atoms with E-state index in [1.165, 1.54) is 23.4 Å². The summed E-state index contributed by atoms with van der Waals surface area (Å²) < 4.78 is 2.07. The van der Waals surface area contributed by atoms with Gasteiger partial charge in [0.25, 0.3) is 0 Å². The lowest BCUT2D eigenvalue weighted by Crippen LogP contribution is -2.03. The van der Waals surface area contributed by atoms with Gasteiger partial charge in [0.05, 0.1) is 11.6 Å². The summed E-state index contributed by atoms with van der Waals surface area (Å²) in [5, 5.41) is 4.48. The summed E-state index contributed by atoms with van der Waals surface area (Å²) in [5.41, 5.74) is 3.48. The van der Waals surface area contributed by atoms with Crippen molar-refractivity contribution < 1.29 is 0 Å². The Bertz CT molecular complexity index is 297. The maximum Gasteiger partial charge on any atom is 0.0640 e. The molecule has 0 fully saturated rings. The number of aryl methyl sites for hydroxylation is 2. The third kappa shape index (κ3) is 2.67. The number of halogens is 1. The van der Waals surface area contributed by atoms with Crippen LogP contribution in [-0.2, 0) is 12.4 Å². The fourth-order valence-electron chi connectivity index (χ4n) is 1.50. The average molecular weight is 233 g/mol. The first-order chi connectivity index (χ1) is 6.70. The topological polar surface area (TPSA) is 17.8 Å². The first kappa shape index (κ1) is 11.9. The van der Waals surface area contributed by atoms with Crippen molar-refractivity contribution in [2.75, 3.05) is 12.0 Å². The van der Waals surface area contributed by atoms with Crippen LogP contribution in [0.15, 0.2) is 0 Å². The molecule has 0 aliphatic carbocycles. The molecule has 80 valence electrons. The summed E-state index contributed by atoms with van der Waals surface area (Å²) in [6.45, 7) is 5.12. The van der Waals surface area contributed by atoms with Crippen LogP contribution in [0.2, 0.25) is 0 Å². The number of aromatic nitrogens is 2. The molecule has 0 spiro atoms. The molecule has 1 rings (SSSR count). The number of hydrogen-bond acceptors (Lipinski definition) is 2. The van der Waals surface area contributed by atoms with Crippen LogP contribution >= 0.6 is 23.4 Å². The van der Waals surface area contributed by atoms with Crippen molar-refractivity contribution in [1.29, 1.82) is 0 Å². The van der Waals surface area contributed by atoms with Gasteiger partial charge in [0.1, 0.15) is 0 Å². The first-order valence-electron chi connectivity index (χ1n) is 4.78. The molecule has 1 aromatic heterocycles. The summed E-state index contributed by atoms with van der Waals surface area (Å²) >= 11 is 7.73. The molecule has 0 atom stereocenters. The second-order valence-corrected chi connectivity index (χ2v) is 4.61. The first-order valence-corrected chi connectivity index (χ1v) is 6.71. The van der Waals surface area contributed by atoms with Crippen LogP contribution in [0.25, 0.3) is 0 Å². The van der Waals surface area contributed by atoms with Gasteiger partial charge >= 0.3 is 0 Å². The number of thioether (sulfide) groups is 1. The highest BCUT2D eigenvalue weighted by molar-refractivity contribution is 7.98. The molecule has 0 radical (unpaired) electrons. The van der Waals surface area contributed by atoms with Gasteiger partial charge in [-0.2, -0.15) is 16.9 Å². The van der Waals surface area contributed by atoms with E-state index in [1.807, 2.05) is 18.7 Å². The van der Waals surface area contributed by atoms with Gasteiger partial charge in [-0.1, -0.05) is 0 Å². The normalized spacial score (nSPS) is 10.9. The molecule has 1 aromatic rings. The Morgan fingerprint density at radius 3 is 2.64 bits per heavy atom. The molecule has 4 heteroatoms. The van der Waals surface area contributed by atoms with Gasteiger partial charge < -0.3 is 0 Å². The minimum atomic E-state index is 0.570. The minimum absolute atomic E-state index is 0.570. The van der Waals surface area contributed by atoms with Crippen molar-refractivity contribution in [3.8, 4) is 0 Å². The average Bonchev–Trinajstić information content (AvgIpc) is 2.42. The predicted octanol–water partition coefficient (Wildman–Crippen LogP) is 2.99. The second kappa shape index (κ2) is 5.66. The molecule has 2 nitrogen and oxygen atoms in total. The molecule has 0 aliphatic heterocycles. The number of rotatable bonds is 5. The molecule has 0 saturated heterocycles. The smallest absolute Gasteiger partial charge is 0.0640 e. The Morgan fingerprint density at radius 1 is 1.43 bits per heavy atom. The molecule has 0 N–H and O–H groups in total. The van der Waals surface area contributed by atoms with E-state index >= 15 is 0 Å². The molecular weight excluding hydrogens is 216 g/mol. The summed E-state index contributed by atoms with van der Waals surface area (Å²) in [7, 11) is 0. The largest absolute Gasteiger partial charge is 0.269 e. The summed E-state index contributed by atoms with van der Waals surface area (Å²) in [6.07, 6.45) is 3.30. The quantitative estimate of drug-likeness (QED) is 0.574. The highest BCUT2D eigenvalue weighted by Crippen LogP contribution is 2.15. The monoisotopic (exact) mass is 232 g/mol. The molecule has 0 bridgehead atoms. The summed E-state index contributed by atoms with van der Waals surface area (Å²) in [4.78, 5) is 0. The zero-order valence-electron chi connectivity index (χ0n) is 9.01. The van der Waals surface area contributed by atoms with Gasteiger partial charge in [-0.15, -0.1) is 11.6 Å². The molecule has 14 heavy (non-hydrogen) atoms. The molecule has 0 amide bonds. The van der Waals surface area contributed by atoms with Crippen LogP contribution in [0.5, 0.6) is 0 Å². The third-order valence-corrected chi connectivity index (χ3v) is 3.35. The van der Waals surface area contributed by atoms with E-state index < -0.39 is 0 Å². The number of nitrogens with zero attached hydrogens (tertiary/aromatic N) is 2. The zero-order valence-corrected chi connectivity index (χ0v) is 10.6. The Balaban J connectivity index is 2.68. The van der Waals surface area contributed by atoms with Gasteiger partial charge in [0.2, 0.25) is 0 Å². The standard InChI is InChI=1S/C10H17ClN2S/c1-8-10(7-11)9(2)13(12-8)5-4-6-14-3/h4-7H2,1-3H3. The van der Waals surface area contributed by atoms with Crippen LogP contribution in [0.4, 0.5) is 0 Å². The molecule has 0 saturated carbocycles. The van der Waals surface area contributed by atoms with Crippen LogP contribution in [0, 0.1) is 13.8 Å². The van der Waals surface area contributed by atoms with E-state index in [0.29, 0.717) is 5.88 Å². The van der Waals surface area contributed by atoms with Crippen molar-refractivity contribution in [2.45, 2.75) is 32.7 Å². The zero-order chi connectivity index (χ0) is 10.6. The second-order valence-electron chi connectivity index (χ2n) is 3.35. The van der Waals surface area contributed by atoms with E-state index in [2.05, 4.69) is 23.0 Å². The number of alkyl halides is 1. The van der Waals surface area contributed by atoms with Crippen molar-refractivity contribution >= 4 is 23.4 Å². The highest BCUT2D eigenvalue weighted by Gasteiger charge is 2.09. The lowest BCUT2D eigenvalue weighted by molar-refractivity contribution is 0.586. The van der Waals surface area contributed by atoms with E-state index in [0.717, 1.165) is 12.2 Å². The third-order valence-electron chi connectivity index (χ3n) is 2.38. The Hall–Kier alpha value is -0.150. The van der Waals surface area contributed by atoms with Crippen LogP contribution in [-0.4, -0.2) is 21.8 Å². The van der Waals surface area contributed by atoms with Gasteiger partial charge in [-0.25, -0.2) is 0 Å². The van der Waals surface area contributed by atoms with E-state index in [9.17, 15) is 0 Å². The van der Waals surface area contributed by atoms with E-state index in [-0.39, 0.29) is 0 Å². The summed E-state index contributed by atoms with van der Waals surface area (Å²) in [6, 6.07) is 0. The van der Waals surface area contributed by atoms with E-state index in [1.54, 1.807) is 0 Å². The van der Waals surface area contributed by atoms with Crippen LogP contribution in [0.3, 0.4) is 0 Å². The molecule has 0 aliphatic rings. The van der Waals surface area contributed by atoms with Crippen molar-refractivity contribution in [3.63, 3.8) is 0 Å². The maximum absolute atomic E-state index is 5.85. The van der Waals surface area contributed by atoms with Crippen LogP contribution in [0.1, 0.15) is 23.4 Å². The minimum Gasteiger partial charge on any atom is -0.269 e. The predicted molar refractivity (Wildman–Crippen MR) is 64.3 cm³/mol. The number of hydrogen-bond donors (Lipinski definition) is 0. The fourth-order valence-corrected chi connectivity index (χ4v) is 2.31. The Kier molecular flexibility index (Phi) is 4.82. The molecular formula is C10H17ClN2S. The van der Waals surface area contributed by atoms with E-state index in [4.69, 9.17) is 11.6 Å².